The molecule has 1 saturated heterocycles. The van der Waals surface area contributed by atoms with E-state index in [1.165, 1.54) is 25.7 Å². The SMILES string of the molecule is CCCC1(C)CCCN(C(=NC)NCCn2cccn2)C1.I. The van der Waals surface area contributed by atoms with Crippen LogP contribution in [0.4, 0.5) is 0 Å². The van der Waals surface area contributed by atoms with E-state index in [1.54, 1.807) is 0 Å². The van der Waals surface area contributed by atoms with E-state index < -0.39 is 0 Å². The lowest BCUT2D eigenvalue weighted by Crippen LogP contribution is -2.50. The highest BCUT2D eigenvalue weighted by Crippen LogP contribution is 2.33. The molecule has 0 spiro atoms. The molecule has 1 aliphatic heterocycles. The third-order valence-electron chi connectivity index (χ3n) is 4.33. The quantitative estimate of drug-likeness (QED) is 0.454. The summed E-state index contributed by atoms with van der Waals surface area (Å²) in [6.07, 6.45) is 8.96. The average molecular weight is 419 g/mol. The Morgan fingerprint density at radius 3 is 2.91 bits per heavy atom. The molecule has 2 heterocycles. The Balaban J connectivity index is 0.00000242. The van der Waals surface area contributed by atoms with Crippen LogP contribution in [-0.4, -0.2) is 47.3 Å². The molecule has 1 aliphatic rings. The van der Waals surface area contributed by atoms with E-state index in [0.29, 0.717) is 5.41 Å². The topological polar surface area (TPSA) is 45.5 Å². The molecule has 0 saturated carbocycles. The number of hydrogen-bond donors (Lipinski definition) is 1. The van der Waals surface area contributed by atoms with Crippen molar-refractivity contribution in [1.82, 2.24) is 20.0 Å². The fraction of sp³-hybridized carbons (Fsp3) is 0.750. The smallest absolute Gasteiger partial charge is 0.193 e. The second kappa shape index (κ2) is 9.37. The van der Waals surface area contributed by atoms with Crippen molar-refractivity contribution in [3.63, 3.8) is 0 Å². The number of aliphatic imine (C=N–C) groups is 1. The fourth-order valence-corrected chi connectivity index (χ4v) is 3.35. The van der Waals surface area contributed by atoms with Gasteiger partial charge in [-0.25, -0.2) is 0 Å². The summed E-state index contributed by atoms with van der Waals surface area (Å²) >= 11 is 0. The van der Waals surface area contributed by atoms with Gasteiger partial charge in [0.05, 0.1) is 6.54 Å². The van der Waals surface area contributed by atoms with Crippen LogP contribution in [0.2, 0.25) is 0 Å². The Hall–Kier alpha value is -0.790. The van der Waals surface area contributed by atoms with Crippen LogP contribution < -0.4 is 5.32 Å². The second-order valence-electron chi connectivity index (χ2n) is 6.33. The number of guanidine groups is 1. The molecule has 1 unspecified atom stereocenters. The maximum atomic E-state index is 4.46. The van der Waals surface area contributed by atoms with Crippen LogP contribution in [0.25, 0.3) is 0 Å². The summed E-state index contributed by atoms with van der Waals surface area (Å²) < 4.78 is 1.94. The number of nitrogens with one attached hydrogen (secondary N) is 1. The monoisotopic (exact) mass is 419 g/mol. The van der Waals surface area contributed by atoms with E-state index >= 15 is 0 Å². The highest BCUT2D eigenvalue weighted by molar-refractivity contribution is 14.0. The lowest BCUT2D eigenvalue weighted by molar-refractivity contribution is 0.142. The van der Waals surface area contributed by atoms with Crippen LogP contribution >= 0.6 is 24.0 Å². The van der Waals surface area contributed by atoms with E-state index in [1.807, 2.05) is 30.2 Å². The van der Waals surface area contributed by atoms with Gasteiger partial charge in [-0.15, -0.1) is 24.0 Å². The standard InChI is InChI=1S/C16H29N5.HI/c1-4-7-16(2)8-5-11-20(14-16)15(17-3)18-10-13-21-12-6-9-19-21;/h6,9,12H,4-5,7-8,10-11,13-14H2,1-3H3,(H,17,18);1H. The van der Waals surface area contributed by atoms with Crippen LogP contribution in [0.3, 0.4) is 0 Å². The van der Waals surface area contributed by atoms with Gasteiger partial charge in [0.1, 0.15) is 0 Å². The average Bonchev–Trinajstić information content (AvgIpc) is 2.97. The molecule has 0 amide bonds. The van der Waals surface area contributed by atoms with E-state index in [4.69, 9.17) is 0 Å². The molecular weight excluding hydrogens is 389 g/mol. The Morgan fingerprint density at radius 2 is 2.27 bits per heavy atom. The van der Waals surface area contributed by atoms with Crippen molar-refractivity contribution in [1.29, 1.82) is 0 Å². The summed E-state index contributed by atoms with van der Waals surface area (Å²) in [5, 5.41) is 7.69. The van der Waals surface area contributed by atoms with E-state index in [9.17, 15) is 0 Å². The predicted molar refractivity (Wildman–Crippen MR) is 103 cm³/mol. The number of nitrogens with zero attached hydrogens (tertiary/aromatic N) is 4. The first kappa shape index (κ1) is 19.3. The van der Waals surface area contributed by atoms with Gasteiger partial charge in [0.25, 0.3) is 0 Å². The molecule has 5 nitrogen and oxygen atoms in total. The van der Waals surface area contributed by atoms with E-state index in [0.717, 1.165) is 32.1 Å². The van der Waals surface area contributed by atoms with Crippen molar-refractivity contribution < 1.29 is 0 Å². The van der Waals surface area contributed by atoms with E-state index in [2.05, 4.69) is 34.2 Å². The van der Waals surface area contributed by atoms with Crippen molar-refractivity contribution in [2.45, 2.75) is 46.1 Å². The highest BCUT2D eigenvalue weighted by Gasteiger charge is 2.31. The summed E-state index contributed by atoms with van der Waals surface area (Å²) in [6, 6.07) is 1.95. The largest absolute Gasteiger partial charge is 0.354 e. The highest BCUT2D eigenvalue weighted by atomic mass is 127. The summed E-state index contributed by atoms with van der Waals surface area (Å²) in [5.74, 6) is 1.03. The molecule has 6 heteroatoms. The number of likely N-dealkylation sites (tertiary alicyclic amines) is 1. The minimum Gasteiger partial charge on any atom is -0.354 e. The molecule has 126 valence electrons. The van der Waals surface area contributed by atoms with Crippen molar-refractivity contribution in [2.24, 2.45) is 10.4 Å². The molecule has 0 radical (unpaired) electrons. The minimum absolute atomic E-state index is 0. The number of hydrogen-bond acceptors (Lipinski definition) is 2. The Bertz CT molecular complexity index is 441. The molecule has 1 N–H and O–H groups in total. The van der Waals surface area contributed by atoms with Gasteiger partial charge in [-0.2, -0.15) is 5.10 Å². The molecule has 1 fully saturated rings. The zero-order chi connectivity index (χ0) is 15.1. The van der Waals surface area contributed by atoms with Gasteiger partial charge < -0.3 is 10.2 Å². The predicted octanol–water partition coefficient (Wildman–Crippen LogP) is 2.98. The first-order valence-electron chi connectivity index (χ1n) is 8.10. The van der Waals surface area contributed by atoms with Gasteiger partial charge >= 0.3 is 0 Å². The van der Waals surface area contributed by atoms with E-state index in [-0.39, 0.29) is 24.0 Å². The minimum atomic E-state index is 0. The van der Waals surface area contributed by atoms with Gasteiger partial charge in [0.2, 0.25) is 0 Å². The lowest BCUT2D eigenvalue weighted by Gasteiger charge is -2.42. The maximum Gasteiger partial charge on any atom is 0.193 e. The van der Waals surface area contributed by atoms with Crippen LogP contribution in [0.1, 0.15) is 39.5 Å². The summed E-state index contributed by atoms with van der Waals surface area (Å²) in [6.45, 7) is 8.64. The Kier molecular flexibility index (Phi) is 8.20. The Labute approximate surface area is 151 Å². The maximum absolute atomic E-state index is 4.46. The summed E-state index contributed by atoms with van der Waals surface area (Å²) in [4.78, 5) is 6.88. The summed E-state index contributed by atoms with van der Waals surface area (Å²) in [7, 11) is 1.88. The van der Waals surface area contributed by atoms with Crippen LogP contribution in [0.5, 0.6) is 0 Å². The third kappa shape index (κ3) is 5.44. The molecule has 1 aromatic heterocycles. The molecule has 0 bridgehead atoms. The lowest BCUT2D eigenvalue weighted by atomic mass is 9.78. The van der Waals surface area contributed by atoms with Gasteiger partial charge in [-0.05, 0) is 30.7 Å². The summed E-state index contributed by atoms with van der Waals surface area (Å²) in [5.41, 5.74) is 0.437. The number of rotatable bonds is 5. The number of piperidine rings is 1. The van der Waals surface area contributed by atoms with Crippen LogP contribution in [0, 0.1) is 5.41 Å². The molecule has 22 heavy (non-hydrogen) atoms. The fourth-order valence-electron chi connectivity index (χ4n) is 3.35. The first-order chi connectivity index (χ1) is 10.2. The molecule has 0 aliphatic carbocycles. The van der Waals surface area contributed by atoms with Gasteiger partial charge in [-0.3, -0.25) is 9.67 Å². The third-order valence-corrected chi connectivity index (χ3v) is 4.33. The van der Waals surface area contributed by atoms with Crippen molar-refractivity contribution in [3.8, 4) is 0 Å². The molecule has 0 aromatic carbocycles. The molecule has 2 rings (SSSR count). The van der Waals surface area contributed by atoms with Crippen molar-refractivity contribution in [2.75, 3.05) is 26.7 Å². The van der Waals surface area contributed by atoms with Gasteiger partial charge in [-0.1, -0.05) is 20.3 Å². The van der Waals surface area contributed by atoms with Crippen LogP contribution in [-0.2, 0) is 6.54 Å². The number of halogens is 1. The van der Waals surface area contributed by atoms with Gasteiger partial charge in [0, 0.05) is 39.1 Å². The number of aromatic nitrogens is 2. The first-order valence-corrected chi connectivity index (χ1v) is 8.10. The second-order valence-corrected chi connectivity index (χ2v) is 6.33. The van der Waals surface area contributed by atoms with Crippen LogP contribution in [0.15, 0.2) is 23.5 Å². The Morgan fingerprint density at radius 1 is 1.45 bits per heavy atom. The molecule has 1 aromatic rings. The molecule has 1 atom stereocenters. The zero-order valence-electron chi connectivity index (χ0n) is 14.1. The van der Waals surface area contributed by atoms with Crippen molar-refractivity contribution in [3.05, 3.63) is 18.5 Å². The van der Waals surface area contributed by atoms with Gasteiger partial charge in [0.15, 0.2) is 5.96 Å². The zero-order valence-corrected chi connectivity index (χ0v) is 16.4. The van der Waals surface area contributed by atoms with Crippen molar-refractivity contribution >= 4 is 29.9 Å². The molecular formula is C16H30IN5. The normalized spacial score (nSPS) is 22.3.